The first-order valence-corrected chi connectivity index (χ1v) is 8.61. The third-order valence-electron chi connectivity index (χ3n) is 5.06. The van der Waals surface area contributed by atoms with E-state index in [9.17, 15) is 9.59 Å². The summed E-state index contributed by atoms with van der Waals surface area (Å²) in [5.41, 5.74) is 3.56. The molecule has 5 heteroatoms. The molecular formula is C19H24N2O3. The maximum atomic E-state index is 12.2. The van der Waals surface area contributed by atoms with Crippen LogP contribution in [-0.4, -0.2) is 28.5 Å². The molecule has 0 spiro atoms. The van der Waals surface area contributed by atoms with Crippen molar-refractivity contribution >= 4 is 22.8 Å². The Labute approximate surface area is 141 Å². The zero-order valence-electron chi connectivity index (χ0n) is 14.0. The number of carbonyl (C=O) groups excluding carboxylic acids is 1. The number of fused-ring (bicyclic) bond motifs is 1. The highest BCUT2D eigenvalue weighted by Gasteiger charge is 2.29. The number of amides is 1. The fraction of sp³-hybridized carbons (Fsp3) is 0.474. The van der Waals surface area contributed by atoms with Gasteiger partial charge in [-0.15, -0.1) is 0 Å². The molecule has 0 aliphatic heterocycles. The molecule has 128 valence electrons. The van der Waals surface area contributed by atoms with Gasteiger partial charge in [0.25, 0.3) is 0 Å². The fourth-order valence-corrected chi connectivity index (χ4v) is 3.57. The highest BCUT2D eigenvalue weighted by molar-refractivity contribution is 5.84. The number of nitrogens with one attached hydrogen (secondary N) is 2. The summed E-state index contributed by atoms with van der Waals surface area (Å²) in [6.45, 7) is 2.68. The number of hydrogen-bond acceptors (Lipinski definition) is 2. The molecule has 3 rings (SSSR count). The van der Waals surface area contributed by atoms with Crippen molar-refractivity contribution in [2.45, 2.75) is 39.0 Å². The third-order valence-corrected chi connectivity index (χ3v) is 5.06. The van der Waals surface area contributed by atoms with Gasteiger partial charge in [-0.2, -0.15) is 0 Å². The summed E-state index contributed by atoms with van der Waals surface area (Å²) in [5, 5.41) is 13.2. The Hall–Kier alpha value is -2.30. The molecule has 0 radical (unpaired) electrons. The van der Waals surface area contributed by atoms with Crippen LogP contribution < -0.4 is 5.32 Å². The number of aryl methyl sites for hydroxylation is 1. The molecule has 1 saturated carbocycles. The summed E-state index contributed by atoms with van der Waals surface area (Å²) in [5.74, 6) is -0.979. The smallest absolute Gasteiger partial charge is 0.306 e. The zero-order chi connectivity index (χ0) is 17.1. The van der Waals surface area contributed by atoms with Crippen molar-refractivity contribution < 1.29 is 14.7 Å². The van der Waals surface area contributed by atoms with Crippen molar-refractivity contribution in [3.05, 3.63) is 35.5 Å². The summed E-state index contributed by atoms with van der Waals surface area (Å²) in [6.07, 6.45) is 5.36. The van der Waals surface area contributed by atoms with Crippen molar-refractivity contribution in [1.82, 2.24) is 10.3 Å². The van der Waals surface area contributed by atoms with E-state index >= 15 is 0 Å². The first kappa shape index (κ1) is 16.6. The lowest BCUT2D eigenvalue weighted by molar-refractivity contribution is -0.144. The Balaban J connectivity index is 1.49. The second-order valence-corrected chi connectivity index (χ2v) is 6.79. The van der Waals surface area contributed by atoms with Crippen molar-refractivity contribution in [2.24, 2.45) is 11.8 Å². The van der Waals surface area contributed by atoms with E-state index in [-0.39, 0.29) is 17.7 Å². The minimum absolute atomic E-state index is 0.0359. The van der Waals surface area contributed by atoms with Gasteiger partial charge in [0.15, 0.2) is 0 Å². The average Bonchev–Trinajstić information content (AvgIpc) is 2.97. The van der Waals surface area contributed by atoms with Gasteiger partial charge in [-0.25, -0.2) is 0 Å². The molecule has 0 atom stereocenters. The Morgan fingerprint density at radius 1 is 1.21 bits per heavy atom. The van der Waals surface area contributed by atoms with E-state index in [1.807, 2.05) is 6.20 Å². The molecule has 1 amide bonds. The zero-order valence-corrected chi connectivity index (χ0v) is 14.0. The lowest BCUT2D eigenvalue weighted by Gasteiger charge is -2.25. The highest BCUT2D eigenvalue weighted by Crippen LogP contribution is 2.29. The number of carboxylic acids is 1. The number of aliphatic carboxylic acids is 1. The predicted octanol–water partition coefficient (Wildman–Crippen LogP) is 3.03. The van der Waals surface area contributed by atoms with Gasteiger partial charge in [-0.3, -0.25) is 9.59 Å². The van der Waals surface area contributed by atoms with Crippen molar-refractivity contribution in [3.63, 3.8) is 0 Å². The molecule has 5 nitrogen and oxygen atoms in total. The molecule has 0 unspecified atom stereocenters. The third kappa shape index (κ3) is 3.61. The van der Waals surface area contributed by atoms with Crippen LogP contribution in [-0.2, 0) is 16.0 Å². The van der Waals surface area contributed by atoms with Gasteiger partial charge in [0.05, 0.1) is 5.92 Å². The first-order valence-electron chi connectivity index (χ1n) is 8.61. The van der Waals surface area contributed by atoms with E-state index in [2.05, 4.69) is 35.4 Å². The highest BCUT2D eigenvalue weighted by atomic mass is 16.4. The van der Waals surface area contributed by atoms with Crippen molar-refractivity contribution in [1.29, 1.82) is 0 Å². The van der Waals surface area contributed by atoms with Gasteiger partial charge in [0.1, 0.15) is 0 Å². The quantitative estimate of drug-likeness (QED) is 0.789. The minimum atomic E-state index is -0.733. The number of carboxylic acid groups (broad SMARTS) is 1. The van der Waals surface area contributed by atoms with Crippen LogP contribution in [0.15, 0.2) is 24.4 Å². The molecule has 1 aromatic heterocycles. The average molecular weight is 328 g/mol. The maximum absolute atomic E-state index is 12.2. The second kappa shape index (κ2) is 7.07. The Morgan fingerprint density at radius 2 is 1.92 bits per heavy atom. The van der Waals surface area contributed by atoms with Crippen LogP contribution in [0.1, 0.15) is 36.8 Å². The summed E-state index contributed by atoms with van der Waals surface area (Å²) >= 11 is 0. The number of benzene rings is 1. The Kier molecular flexibility index (Phi) is 4.88. The molecule has 3 N–H and O–H groups in total. The predicted molar refractivity (Wildman–Crippen MR) is 92.8 cm³/mol. The van der Waals surface area contributed by atoms with Gasteiger partial charge in [-0.1, -0.05) is 12.1 Å². The van der Waals surface area contributed by atoms with E-state index in [4.69, 9.17) is 5.11 Å². The van der Waals surface area contributed by atoms with Crippen LogP contribution >= 0.6 is 0 Å². The molecule has 1 aliphatic rings. The van der Waals surface area contributed by atoms with E-state index in [1.165, 1.54) is 16.5 Å². The van der Waals surface area contributed by atoms with Gasteiger partial charge < -0.3 is 15.4 Å². The second-order valence-electron chi connectivity index (χ2n) is 6.79. The van der Waals surface area contributed by atoms with E-state index in [0.717, 1.165) is 11.9 Å². The van der Waals surface area contributed by atoms with Crippen LogP contribution in [0.4, 0.5) is 0 Å². The lowest BCUT2D eigenvalue weighted by atomic mass is 9.81. The summed E-state index contributed by atoms with van der Waals surface area (Å²) in [4.78, 5) is 26.5. The van der Waals surface area contributed by atoms with Crippen molar-refractivity contribution in [3.8, 4) is 0 Å². The number of rotatable bonds is 5. The van der Waals surface area contributed by atoms with E-state index in [0.29, 0.717) is 32.2 Å². The van der Waals surface area contributed by atoms with Crippen LogP contribution in [0, 0.1) is 18.8 Å². The molecule has 1 aliphatic carbocycles. The standard InChI is InChI=1S/C19H24N2O3/c1-12-2-7-16-15(11-21-17(16)10-12)8-9-20-18(22)13-3-5-14(6-4-13)19(23)24/h2,7,10-11,13-14,21H,3-6,8-9H2,1H3,(H,20,22)(H,23,24). The Morgan fingerprint density at radius 3 is 2.62 bits per heavy atom. The Bertz CT molecular complexity index is 742. The molecule has 0 saturated heterocycles. The van der Waals surface area contributed by atoms with Gasteiger partial charge in [0.2, 0.25) is 5.91 Å². The first-order chi connectivity index (χ1) is 11.5. The van der Waals surface area contributed by atoms with Gasteiger partial charge >= 0.3 is 5.97 Å². The summed E-state index contributed by atoms with van der Waals surface area (Å²) in [7, 11) is 0. The van der Waals surface area contributed by atoms with Crippen LogP contribution in [0.25, 0.3) is 10.9 Å². The monoisotopic (exact) mass is 328 g/mol. The number of aromatic amines is 1. The normalized spacial score (nSPS) is 20.9. The SMILES string of the molecule is Cc1ccc2c(CCNC(=O)C3CCC(C(=O)O)CC3)c[nH]c2c1. The number of H-pyrrole nitrogens is 1. The van der Waals surface area contributed by atoms with Crippen LogP contribution in [0.2, 0.25) is 0 Å². The largest absolute Gasteiger partial charge is 0.481 e. The molecule has 24 heavy (non-hydrogen) atoms. The van der Waals surface area contributed by atoms with Crippen LogP contribution in [0.3, 0.4) is 0 Å². The van der Waals surface area contributed by atoms with E-state index < -0.39 is 5.97 Å². The molecule has 1 fully saturated rings. The summed E-state index contributed by atoms with van der Waals surface area (Å²) in [6, 6.07) is 6.34. The summed E-state index contributed by atoms with van der Waals surface area (Å²) < 4.78 is 0. The van der Waals surface area contributed by atoms with Gasteiger partial charge in [-0.05, 0) is 56.2 Å². The topological polar surface area (TPSA) is 82.2 Å². The fourth-order valence-electron chi connectivity index (χ4n) is 3.57. The molecule has 0 bridgehead atoms. The van der Waals surface area contributed by atoms with Crippen molar-refractivity contribution in [2.75, 3.05) is 6.54 Å². The minimum Gasteiger partial charge on any atom is -0.481 e. The molecule has 2 aromatic rings. The molecule has 1 heterocycles. The van der Waals surface area contributed by atoms with Gasteiger partial charge in [0, 0.05) is 29.6 Å². The van der Waals surface area contributed by atoms with Crippen LogP contribution in [0.5, 0.6) is 0 Å². The number of hydrogen-bond donors (Lipinski definition) is 3. The maximum Gasteiger partial charge on any atom is 0.306 e. The van der Waals surface area contributed by atoms with E-state index in [1.54, 1.807) is 0 Å². The molecule has 1 aromatic carbocycles. The number of carbonyl (C=O) groups is 2. The molecular weight excluding hydrogens is 304 g/mol. The lowest BCUT2D eigenvalue weighted by Crippen LogP contribution is -2.35. The number of aromatic nitrogens is 1.